The summed E-state index contributed by atoms with van der Waals surface area (Å²) < 4.78 is 10.9. The first-order chi connectivity index (χ1) is 18.2. The van der Waals surface area contributed by atoms with Crippen molar-refractivity contribution in [1.82, 2.24) is 15.3 Å². The first-order valence-electron chi connectivity index (χ1n) is 13.1. The van der Waals surface area contributed by atoms with Gasteiger partial charge in [0.15, 0.2) is 16.6 Å². The van der Waals surface area contributed by atoms with Crippen LogP contribution in [0.4, 0.5) is 17.6 Å². The minimum Gasteiger partial charge on any atom is -0.454 e. The molecular weight excluding hydrogens is 484 g/mol. The van der Waals surface area contributed by atoms with Crippen molar-refractivity contribution in [2.75, 3.05) is 41.5 Å². The number of fused-ring (bicyclic) bond motifs is 2. The van der Waals surface area contributed by atoms with Gasteiger partial charge in [0, 0.05) is 38.8 Å². The monoisotopic (exact) mass is 516 g/mol. The van der Waals surface area contributed by atoms with Crippen LogP contribution in [0.5, 0.6) is 11.5 Å². The van der Waals surface area contributed by atoms with Gasteiger partial charge in [-0.15, -0.1) is 0 Å². The average molecular weight is 517 g/mol. The van der Waals surface area contributed by atoms with E-state index < -0.39 is 0 Å². The van der Waals surface area contributed by atoms with Crippen LogP contribution in [-0.2, 0) is 19.5 Å². The van der Waals surface area contributed by atoms with Gasteiger partial charge in [0.2, 0.25) is 12.7 Å². The number of benzene rings is 2. The molecule has 3 aromatic rings. The predicted molar refractivity (Wildman–Crippen MR) is 150 cm³/mol. The molecule has 0 amide bonds. The Labute approximate surface area is 223 Å². The SMILES string of the molecule is S=C(NCc1ccc2c(c1)OCO2)Nc1nc(N2CCCCCC2)cc(N2CCc3ccccc3C2)n1. The van der Waals surface area contributed by atoms with Gasteiger partial charge in [-0.1, -0.05) is 43.2 Å². The van der Waals surface area contributed by atoms with E-state index in [2.05, 4.69) is 50.8 Å². The fourth-order valence-electron chi connectivity index (χ4n) is 5.17. The second-order valence-corrected chi connectivity index (χ2v) is 10.2. The molecule has 0 saturated carbocycles. The second-order valence-electron chi connectivity index (χ2n) is 9.74. The fraction of sp³-hybridized carbons (Fsp3) is 0.393. The Morgan fingerprint density at radius 3 is 2.43 bits per heavy atom. The third-order valence-corrected chi connectivity index (χ3v) is 7.45. The number of rotatable bonds is 5. The molecule has 192 valence electrons. The van der Waals surface area contributed by atoms with Crippen molar-refractivity contribution in [2.45, 2.75) is 45.2 Å². The molecule has 3 aliphatic rings. The van der Waals surface area contributed by atoms with Gasteiger partial charge in [0.05, 0.1) is 0 Å². The summed E-state index contributed by atoms with van der Waals surface area (Å²) in [6.45, 7) is 4.64. The van der Waals surface area contributed by atoms with Gasteiger partial charge >= 0.3 is 0 Å². The van der Waals surface area contributed by atoms with Gasteiger partial charge < -0.3 is 29.9 Å². The van der Waals surface area contributed by atoms with Crippen LogP contribution in [0, 0.1) is 0 Å². The number of aromatic nitrogens is 2. The predicted octanol–water partition coefficient (Wildman–Crippen LogP) is 4.64. The molecule has 2 N–H and O–H groups in total. The van der Waals surface area contributed by atoms with Crippen molar-refractivity contribution in [3.8, 4) is 11.5 Å². The number of ether oxygens (including phenoxy) is 2. The Morgan fingerprint density at radius 2 is 1.59 bits per heavy atom. The zero-order chi connectivity index (χ0) is 25.0. The van der Waals surface area contributed by atoms with Gasteiger partial charge in [-0.05, 0) is 60.3 Å². The Kier molecular flexibility index (Phi) is 6.94. The zero-order valence-corrected chi connectivity index (χ0v) is 21.7. The molecule has 0 radical (unpaired) electrons. The third-order valence-electron chi connectivity index (χ3n) is 7.20. The van der Waals surface area contributed by atoms with Crippen molar-refractivity contribution in [3.05, 3.63) is 65.2 Å². The van der Waals surface area contributed by atoms with Crippen molar-refractivity contribution in [2.24, 2.45) is 0 Å². The first-order valence-corrected chi connectivity index (χ1v) is 13.5. The number of thiocarbonyl (C=S) groups is 1. The van der Waals surface area contributed by atoms with Crippen molar-refractivity contribution in [1.29, 1.82) is 0 Å². The van der Waals surface area contributed by atoms with Crippen molar-refractivity contribution in [3.63, 3.8) is 0 Å². The maximum absolute atomic E-state index is 5.62. The van der Waals surface area contributed by atoms with Crippen LogP contribution in [-0.4, -0.2) is 41.5 Å². The second kappa shape index (κ2) is 10.8. The lowest BCUT2D eigenvalue weighted by Gasteiger charge is -2.31. The summed E-state index contributed by atoms with van der Waals surface area (Å²) >= 11 is 5.62. The lowest BCUT2D eigenvalue weighted by Crippen LogP contribution is -2.33. The van der Waals surface area contributed by atoms with E-state index in [0.717, 1.165) is 61.3 Å². The van der Waals surface area contributed by atoms with Crippen molar-refractivity contribution < 1.29 is 9.47 Å². The Bertz CT molecular complexity index is 1280. The van der Waals surface area contributed by atoms with Crippen molar-refractivity contribution >= 4 is 34.9 Å². The summed E-state index contributed by atoms with van der Waals surface area (Å²) in [7, 11) is 0. The molecule has 0 aliphatic carbocycles. The highest BCUT2D eigenvalue weighted by Gasteiger charge is 2.21. The molecule has 3 aliphatic heterocycles. The maximum atomic E-state index is 5.62. The van der Waals surface area contributed by atoms with Crippen LogP contribution >= 0.6 is 12.2 Å². The standard InChI is InChI=1S/C28H32N6O2S/c37-28(29-17-20-9-10-23-24(15-20)36-19-35-23)32-27-30-25(33-12-5-1-2-6-13-33)16-26(31-27)34-14-11-21-7-3-4-8-22(21)18-34/h3-4,7-10,15-16H,1-2,5-6,11-14,17-19H2,(H2,29,30,31,32,37). The van der Waals surface area contributed by atoms with E-state index >= 15 is 0 Å². The van der Waals surface area contributed by atoms with Crippen LogP contribution in [0.25, 0.3) is 0 Å². The van der Waals surface area contributed by atoms with Gasteiger partial charge in [0.1, 0.15) is 11.6 Å². The average Bonchev–Trinajstić information content (AvgIpc) is 3.23. The number of hydrogen-bond donors (Lipinski definition) is 2. The summed E-state index contributed by atoms with van der Waals surface area (Å²) in [6.07, 6.45) is 5.94. The van der Waals surface area contributed by atoms with E-state index in [1.54, 1.807) is 0 Å². The molecule has 0 bridgehead atoms. The normalized spacial score (nSPS) is 16.6. The van der Waals surface area contributed by atoms with Crippen LogP contribution < -0.4 is 29.9 Å². The number of hydrogen-bond acceptors (Lipinski definition) is 7. The summed E-state index contributed by atoms with van der Waals surface area (Å²) in [5.74, 6) is 3.96. The topological polar surface area (TPSA) is 74.8 Å². The lowest BCUT2D eigenvalue weighted by molar-refractivity contribution is 0.174. The van der Waals surface area contributed by atoms with Gasteiger partial charge in [-0.2, -0.15) is 9.97 Å². The molecule has 4 heterocycles. The highest BCUT2D eigenvalue weighted by molar-refractivity contribution is 7.80. The summed E-state index contributed by atoms with van der Waals surface area (Å²) in [6, 6.07) is 16.7. The Hall–Kier alpha value is -3.59. The maximum Gasteiger partial charge on any atom is 0.232 e. The smallest absolute Gasteiger partial charge is 0.232 e. The Morgan fingerprint density at radius 1 is 0.838 bits per heavy atom. The lowest BCUT2D eigenvalue weighted by atomic mass is 10.00. The van der Waals surface area contributed by atoms with Gasteiger partial charge in [-0.25, -0.2) is 0 Å². The van der Waals surface area contributed by atoms with E-state index in [1.807, 2.05) is 18.2 Å². The van der Waals surface area contributed by atoms with Crippen LogP contribution in [0.2, 0.25) is 0 Å². The quantitative estimate of drug-likeness (QED) is 0.472. The highest BCUT2D eigenvalue weighted by Crippen LogP contribution is 2.32. The van der Waals surface area contributed by atoms with Crippen LogP contribution in [0.1, 0.15) is 42.4 Å². The summed E-state index contributed by atoms with van der Waals surface area (Å²) in [4.78, 5) is 14.5. The molecule has 0 atom stereocenters. The largest absolute Gasteiger partial charge is 0.454 e. The highest BCUT2D eigenvalue weighted by atomic mass is 32.1. The third kappa shape index (κ3) is 5.56. The molecule has 9 heteroatoms. The zero-order valence-electron chi connectivity index (χ0n) is 20.9. The van der Waals surface area contributed by atoms with E-state index in [-0.39, 0.29) is 6.79 Å². The van der Waals surface area contributed by atoms with Crippen LogP contribution in [0.15, 0.2) is 48.5 Å². The van der Waals surface area contributed by atoms with Gasteiger partial charge in [-0.3, -0.25) is 0 Å². The molecule has 2 aromatic carbocycles. The minimum absolute atomic E-state index is 0.266. The minimum atomic E-state index is 0.266. The molecule has 1 fully saturated rings. The first kappa shape index (κ1) is 23.8. The number of nitrogens with one attached hydrogen (secondary N) is 2. The van der Waals surface area contributed by atoms with E-state index in [1.165, 1.54) is 36.8 Å². The van der Waals surface area contributed by atoms with E-state index in [9.17, 15) is 0 Å². The van der Waals surface area contributed by atoms with Crippen LogP contribution in [0.3, 0.4) is 0 Å². The molecule has 37 heavy (non-hydrogen) atoms. The molecule has 0 spiro atoms. The fourth-order valence-corrected chi connectivity index (χ4v) is 5.34. The Balaban J connectivity index is 1.20. The number of nitrogens with zero attached hydrogens (tertiary/aromatic N) is 4. The molecule has 8 nitrogen and oxygen atoms in total. The molecule has 6 rings (SSSR count). The number of anilines is 3. The van der Waals surface area contributed by atoms with E-state index in [0.29, 0.717) is 17.6 Å². The van der Waals surface area contributed by atoms with Gasteiger partial charge in [0.25, 0.3) is 0 Å². The molecular formula is C28H32N6O2S. The molecule has 1 saturated heterocycles. The molecule has 0 unspecified atom stereocenters. The van der Waals surface area contributed by atoms with E-state index in [4.69, 9.17) is 31.7 Å². The summed E-state index contributed by atoms with van der Waals surface area (Å²) in [5, 5.41) is 7.01. The summed E-state index contributed by atoms with van der Waals surface area (Å²) in [5.41, 5.74) is 3.84. The molecule has 1 aromatic heterocycles.